The zero-order valence-corrected chi connectivity index (χ0v) is 18.0. The molecule has 2 N–H and O–H groups in total. The number of nitrogens with one attached hydrogen (secondary N) is 2. The largest absolute Gasteiger partial charge is 0.444 e. The van der Waals surface area contributed by atoms with Crippen LogP contribution in [0.15, 0.2) is 24.3 Å². The van der Waals surface area contributed by atoms with Crippen LogP contribution in [-0.4, -0.2) is 53.0 Å². The van der Waals surface area contributed by atoms with Gasteiger partial charge < -0.3 is 20.2 Å². The van der Waals surface area contributed by atoms with Crippen LogP contribution in [0.1, 0.15) is 67.7 Å². The van der Waals surface area contributed by atoms with Gasteiger partial charge >= 0.3 is 12.1 Å². The second kappa shape index (κ2) is 10.1. The summed E-state index contributed by atoms with van der Waals surface area (Å²) in [4.78, 5) is 65.3. The number of rotatable bonds is 8. The van der Waals surface area contributed by atoms with Crippen molar-refractivity contribution in [3.05, 3.63) is 35.4 Å². The van der Waals surface area contributed by atoms with Gasteiger partial charge in [0.15, 0.2) is 0 Å². The van der Waals surface area contributed by atoms with Crippen LogP contribution in [0.3, 0.4) is 0 Å². The molecule has 0 aromatic heterocycles. The zero-order chi connectivity index (χ0) is 23.2. The lowest BCUT2D eigenvalue weighted by atomic mass is 10.1. The third-order valence-corrected chi connectivity index (χ3v) is 4.19. The Balaban J connectivity index is 1.87. The lowest BCUT2D eigenvalue weighted by molar-refractivity contribution is -0.172. The number of fused-ring (bicyclic) bond motifs is 1. The minimum Gasteiger partial charge on any atom is -0.444 e. The van der Waals surface area contributed by atoms with Crippen LogP contribution in [0.4, 0.5) is 4.79 Å². The molecule has 0 aliphatic carbocycles. The summed E-state index contributed by atoms with van der Waals surface area (Å²) in [5.41, 5.74) is -0.316. The molecular weight excluding hydrogens is 406 g/mol. The molecule has 10 nitrogen and oxygen atoms in total. The maximum absolute atomic E-state index is 12.5. The Hall–Kier alpha value is -3.43. The van der Waals surface area contributed by atoms with E-state index >= 15 is 0 Å². The van der Waals surface area contributed by atoms with Crippen LogP contribution < -0.4 is 10.6 Å². The van der Waals surface area contributed by atoms with Gasteiger partial charge in [-0.1, -0.05) is 17.2 Å². The van der Waals surface area contributed by atoms with E-state index in [2.05, 4.69) is 10.6 Å². The third-order valence-electron chi connectivity index (χ3n) is 4.19. The second-order valence-electron chi connectivity index (χ2n) is 8.04. The van der Waals surface area contributed by atoms with Crippen LogP contribution >= 0.6 is 0 Å². The molecular formula is C21H27N3O7. The Bertz CT molecular complexity index is 841. The highest BCUT2D eigenvalue weighted by molar-refractivity contribution is 6.20. The first-order valence-corrected chi connectivity index (χ1v) is 9.93. The molecule has 0 radical (unpaired) electrons. The Morgan fingerprint density at radius 3 is 2.13 bits per heavy atom. The molecule has 0 saturated carbocycles. The van der Waals surface area contributed by atoms with Crippen molar-refractivity contribution in [1.82, 2.24) is 15.7 Å². The Morgan fingerprint density at radius 1 is 1.03 bits per heavy atom. The predicted molar refractivity (Wildman–Crippen MR) is 109 cm³/mol. The Morgan fingerprint density at radius 2 is 1.61 bits per heavy atom. The van der Waals surface area contributed by atoms with Gasteiger partial charge in [-0.05, 0) is 52.2 Å². The number of nitrogens with zero attached hydrogens (tertiary/aromatic N) is 1. The highest BCUT2D eigenvalue weighted by Crippen LogP contribution is 2.23. The number of hydrogen-bond acceptors (Lipinski definition) is 7. The maximum Gasteiger partial charge on any atom is 0.407 e. The predicted octanol–water partition coefficient (Wildman–Crippen LogP) is 1.94. The number of hydroxylamine groups is 2. The number of benzene rings is 1. The van der Waals surface area contributed by atoms with E-state index < -0.39 is 41.4 Å². The van der Waals surface area contributed by atoms with E-state index in [1.807, 2.05) is 0 Å². The van der Waals surface area contributed by atoms with Crippen molar-refractivity contribution in [3.8, 4) is 0 Å². The van der Waals surface area contributed by atoms with Gasteiger partial charge in [0.1, 0.15) is 11.6 Å². The molecule has 0 saturated heterocycles. The van der Waals surface area contributed by atoms with Crippen molar-refractivity contribution in [2.24, 2.45) is 0 Å². The number of alkyl carbamates (subject to hydrolysis) is 1. The van der Waals surface area contributed by atoms with Gasteiger partial charge in [-0.15, -0.1) is 0 Å². The molecule has 1 aliphatic heterocycles. The molecule has 4 amide bonds. The second-order valence-corrected chi connectivity index (χ2v) is 8.04. The third kappa shape index (κ3) is 6.80. The summed E-state index contributed by atoms with van der Waals surface area (Å²) in [5.74, 6) is -2.87. The van der Waals surface area contributed by atoms with Gasteiger partial charge in [0.2, 0.25) is 5.91 Å². The minimum atomic E-state index is -1.05. The molecule has 168 valence electrons. The molecule has 10 heteroatoms. The summed E-state index contributed by atoms with van der Waals surface area (Å²) in [6.07, 6.45) is 0.612. The fourth-order valence-corrected chi connectivity index (χ4v) is 2.88. The molecule has 1 unspecified atom stereocenters. The highest BCUT2D eigenvalue weighted by atomic mass is 16.7. The number of imide groups is 1. The first kappa shape index (κ1) is 23.8. The van der Waals surface area contributed by atoms with Crippen LogP contribution in [0, 0.1) is 0 Å². The van der Waals surface area contributed by atoms with Crippen LogP contribution in [-0.2, 0) is 19.2 Å². The van der Waals surface area contributed by atoms with Crippen molar-refractivity contribution in [2.75, 3.05) is 6.54 Å². The summed E-state index contributed by atoms with van der Waals surface area (Å²) in [6, 6.07) is 5.07. The average Bonchev–Trinajstić information content (AvgIpc) is 2.90. The number of carbonyl (C=O) groups is 5. The van der Waals surface area contributed by atoms with Crippen molar-refractivity contribution >= 4 is 29.8 Å². The van der Waals surface area contributed by atoms with Gasteiger partial charge in [0.05, 0.1) is 11.1 Å². The number of amides is 4. The van der Waals surface area contributed by atoms with E-state index in [1.54, 1.807) is 32.9 Å². The van der Waals surface area contributed by atoms with E-state index in [0.717, 1.165) is 0 Å². The number of unbranched alkanes of at least 4 members (excludes halogenated alkanes) is 1. The summed E-state index contributed by atoms with van der Waals surface area (Å²) in [5, 5.41) is 5.47. The fraction of sp³-hybridized carbons (Fsp3) is 0.476. The van der Waals surface area contributed by atoms with Crippen LogP contribution in [0.5, 0.6) is 0 Å². The Labute approximate surface area is 180 Å². The molecule has 1 aromatic rings. The molecule has 0 fully saturated rings. The summed E-state index contributed by atoms with van der Waals surface area (Å²) < 4.78 is 5.13. The smallest absolute Gasteiger partial charge is 0.407 e. The van der Waals surface area contributed by atoms with E-state index in [1.165, 1.54) is 19.1 Å². The van der Waals surface area contributed by atoms with Gasteiger partial charge in [-0.25, -0.2) is 9.59 Å². The fourth-order valence-electron chi connectivity index (χ4n) is 2.88. The van der Waals surface area contributed by atoms with E-state index in [9.17, 15) is 24.0 Å². The SMILES string of the molecule is CC(=O)NC(CCCCNC(=O)OC(C)(C)C)C(=O)ON1C(=O)c2ccccc2C1=O. The quantitative estimate of drug-likeness (QED) is 0.473. The summed E-state index contributed by atoms with van der Waals surface area (Å²) >= 11 is 0. The molecule has 31 heavy (non-hydrogen) atoms. The van der Waals surface area contributed by atoms with Crippen molar-refractivity contribution < 1.29 is 33.5 Å². The molecule has 0 bridgehead atoms. The monoisotopic (exact) mass is 433 g/mol. The number of carbonyl (C=O) groups excluding carboxylic acids is 5. The standard InChI is InChI=1S/C21H27N3O7/c1-13(25)23-16(11-7-8-12-22-20(29)30-21(2,3)4)19(28)31-24-17(26)14-9-5-6-10-15(14)18(24)27/h5-6,9-10,16H,7-8,11-12H2,1-4H3,(H,22,29)(H,23,25). The number of ether oxygens (including phenoxy) is 1. The summed E-state index contributed by atoms with van der Waals surface area (Å²) in [7, 11) is 0. The topological polar surface area (TPSA) is 131 Å². The first-order valence-electron chi connectivity index (χ1n) is 9.93. The molecule has 1 aliphatic rings. The van der Waals surface area contributed by atoms with E-state index in [0.29, 0.717) is 24.4 Å². The lowest BCUT2D eigenvalue weighted by Crippen LogP contribution is -2.44. The van der Waals surface area contributed by atoms with Gasteiger partial charge in [0, 0.05) is 13.5 Å². The molecule has 2 rings (SSSR count). The highest BCUT2D eigenvalue weighted by Gasteiger charge is 2.39. The lowest BCUT2D eigenvalue weighted by Gasteiger charge is -2.20. The molecule has 1 aromatic carbocycles. The van der Waals surface area contributed by atoms with Gasteiger partial charge in [-0.2, -0.15) is 0 Å². The van der Waals surface area contributed by atoms with Crippen LogP contribution in [0.25, 0.3) is 0 Å². The number of hydrogen-bond donors (Lipinski definition) is 2. The van der Waals surface area contributed by atoms with Gasteiger partial charge in [0.25, 0.3) is 11.8 Å². The normalized spacial score (nSPS) is 14.0. The Kier molecular flexibility index (Phi) is 7.73. The summed E-state index contributed by atoms with van der Waals surface area (Å²) in [6.45, 7) is 6.82. The van der Waals surface area contributed by atoms with Crippen molar-refractivity contribution in [1.29, 1.82) is 0 Å². The molecule has 0 spiro atoms. The molecule has 1 atom stereocenters. The maximum atomic E-state index is 12.5. The van der Waals surface area contributed by atoms with E-state index in [4.69, 9.17) is 9.57 Å². The average molecular weight is 433 g/mol. The first-order chi connectivity index (χ1) is 14.5. The zero-order valence-electron chi connectivity index (χ0n) is 18.0. The van der Waals surface area contributed by atoms with Crippen LogP contribution in [0.2, 0.25) is 0 Å². The van der Waals surface area contributed by atoms with Crippen molar-refractivity contribution in [2.45, 2.75) is 58.6 Å². The minimum absolute atomic E-state index is 0.143. The molecule has 1 heterocycles. The van der Waals surface area contributed by atoms with Gasteiger partial charge in [-0.3, -0.25) is 14.4 Å². The van der Waals surface area contributed by atoms with Crippen molar-refractivity contribution in [3.63, 3.8) is 0 Å². The van der Waals surface area contributed by atoms with E-state index in [-0.39, 0.29) is 17.5 Å².